The fourth-order valence-corrected chi connectivity index (χ4v) is 6.29. The van der Waals surface area contributed by atoms with E-state index in [1.54, 1.807) is 6.08 Å². The number of allylic oxidation sites excluding steroid dienone is 10. The lowest BCUT2D eigenvalue weighted by atomic mass is 9.99. The number of esters is 2. The molecule has 59 heavy (non-hydrogen) atoms. The van der Waals surface area contributed by atoms with Crippen LogP contribution in [0, 0.1) is 5.92 Å². The Kier molecular flexibility index (Phi) is 35.7. The van der Waals surface area contributed by atoms with Crippen LogP contribution in [0.2, 0.25) is 0 Å². The van der Waals surface area contributed by atoms with E-state index in [1.165, 1.54) is 38.5 Å². The molecule has 3 unspecified atom stereocenters. The first-order chi connectivity index (χ1) is 28.2. The van der Waals surface area contributed by atoms with Crippen LogP contribution in [0.5, 0.6) is 0 Å². The lowest BCUT2D eigenvalue weighted by Crippen LogP contribution is -2.29. The Morgan fingerprint density at radius 2 is 1.20 bits per heavy atom. The minimum atomic E-state index is -4.88. The summed E-state index contributed by atoms with van der Waals surface area (Å²) in [5, 5.41) is 19.6. The molecule has 0 aromatic carbocycles. The lowest BCUT2D eigenvalue weighted by Gasteiger charge is -2.20. The fraction of sp³-hybridized carbons (Fsp3) is 0.674. The standard InChI is InChI=1S/C43H74O14P2/c1-4-6-24-30-39(44)31-26-21-17-12-10-8-7-9-11-13-19-23-28-33-43(47)57-41(37-56-59(51,52)55-35-40(45)34-54-58(48,49)50)36-53-42(46)32-27-22-18-15-14-16-20-25-29-38(3)5-2/h6,8-11,17,19,21,23-24,26,31,38-41,44-45H,4-5,7,12-16,18,20,22,25,27-30,32-37H2,1-3H3,(H,51,52)(H2,48,49,50)/b10-8-,11-9-,21-17+,23-19-,24-6-,31-26+/t38?,39?,40-,41+/m0/s1. The number of phosphoric ester groups is 2. The molecule has 0 rings (SSSR count). The van der Waals surface area contributed by atoms with Gasteiger partial charge in [0.05, 0.1) is 25.9 Å². The van der Waals surface area contributed by atoms with Gasteiger partial charge in [0.25, 0.3) is 0 Å². The van der Waals surface area contributed by atoms with E-state index in [0.29, 0.717) is 25.7 Å². The van der Waals surface area contributed by atoms with Crippen LogP contribution < -0.4 is 0 Å². The Balaban J connectivity index is 4.72. The first kappa shape index (κ1) is 56.5. The van der Waals surface area contributed by atoms with Crippen LogP contribution in [0.4, 0.5) is 0 Å². The monoisotopic (exact) mass is 876 g/mol. The number of hydrogen-bond donors (Lipinski definition) is 5. The maximum Gasteiger partial charge on any atom is 0.472 e. The zero-order valence-corrected chi connectivity index (χ0v) is 37.4. The van der Waals surface area contributed by atoms with E-state index in [-0.39, 0.29) is 12.8 Å². The van der Waals surface area contributed by atoms with Crippen molar-refractivity contribution in [3.05, 3.63) is 72.9 Å². The SMILES string of the molecule is CC/C=C\CC(O)/C=C/C=C/C/C=C\C/C=C\C/C=C\CCC(=O)O[C@H](COC(=O)CCCCCCCCCCC(C)CC)COP(=O)(O)OC[C@@H](O)COP(=O)(O)O. The molecule has 0 aromatic rings. The van der Waals surface area contributed by atoms with Gasteiger partial charge in [0.2, 0.25) is 0 Å². The van der Waals surface area contributed by atoms with Crippen molar-refractivity contribution in [2.75, 3.05) is 26.4 Å². The van der Waals surface area contributed by atoms with Gasteiger partial charge in [-0.05, 0) is 50.9 Å². The van der Waals surface area contributed by atoms with Crippen molar-refractivity contribution in [1.29, 1.82) is 0 Å². The van der Waals surface area contributed by atoms with Gasteiger partial charge in [0.1, 0.15) is 12.7 Å². The van der Waals surface area contributed by atoms with Crippen molar-refractivity contribution < 1.29 is 66.7 Å². The van der Waals surface area contributed by atoms with Crippen LogP contribution in [0.25, 0.3) is 0 Å². The summed E-state index contributed by atoms with van der Waals surface area (Å²) in [5.41, 5.74) is 0. The highest BCUT2D eigenvalue weighted by Crippen LogP contribution is 2.43. The molecule has 14 nitrogen and oxygen atoms in total. The average Bonchev–Trinajstić information content (AvgIpc) is 3.19. The number of rotatable bonds is 38. The molecule has 0 radical (unpaired) electrons. The van der Waals surface area contributed by atoms with Gasteiger partial charge >= 0.3 is 27.6 Å². The van der Waals surface area contributed by atoms with E-state index in [0.717, 1.165) is 44.4 Å². The summed E-state index contributed by atoms with van der Waals surface area (Å²) in [4.78, 5) is 52.6. The molecule has 0 saturated heterocycles. The van der Waals surface area contributed by atoms with E-state index in [1.807, 2.05) is 54.7 Å². The van der Waals surface area contributed by atoms with E-state index in [9.17, 15) is 33.8 Å². The second kappa shape index (κ2) is 37.3. The molecule has 0 amide bonds. The fourth-order valence-electron chi connectivity index (χ4n) is 5.14. The maximum atomic E-state index is 12.6. The lowest BCUT2D eigenvalue weighted by molar-refractivity contribution is -0.161. The normalized spacial score (nSPS) is 15.9. The molecular formula is C43H74O14P2. The van der Waals surface area contributed by atoms with Gasteiger partial charge in [-0.15, -0.1) is 0 Å². The summed E-state index contributed by atoms with van der Waals surface area (Å²) in [6, 6.07) is 0. The highest BCUT2D eigenvalue weighted by molar-refractivity contribution is 7.47. The van der Waals surface area contributed by atoms with E-state index in [4.69, 9.17) is 23.8 Å². The molecule has 0 saturated carbocycles. The highest BCUT2D eigenvalue weighted by atomic mass is 31.2. The summed E-state index contributed by atoms with van der Waals surface area (Å²) in [5.74, 6) is -0.372. The van der Waals surface area contributed by atoms with Gasteiger partial charge in [0, 0.05) is 12.8 Å². The number of hydrogen-bond acceptors (Lipinski definition) is 11. The molecule has 0 heterocycles. The number of aliphatic hydroxyl groups excluding tert-OH is 2. The first-order valence-electron chi connectivity index (χ1n) is 21.1. The molecule has 16 heteroatoms. The number of ether oxygens (including phenoxy) is 2. The molecule has 5 N–H and O–H groups in total. The van der Waals surface area contributed by atoms with Crippen LogP contribution >= 0.6 is 15.6 Å². The minimum Gasteiger partial charge on any atom is -0.462 e. The van der Waals surface area contributed by atoms with Gasteiger partial charge in [-0.3, -0.25) is 23.2 Å². The first-order valence-corrected chi connectivity index (χ1v) is 24.2. The Hall–Kier alpha value is -2.48. The summed E-state index contributed by atoms with van der Waals surface area (Å²) in [6.45, 7) is 3.73. The number of aliphatic hydroxyl groups is 2. The van der Waals surface area contributed by atoms with Gasteiger partial charge < -0.3 is 34.4 Å². The third-order valence-electron chi connectivity index (χ3n) is 8.73. The summed E-state index contributed by atoms with van der Waals surface area (Å²) in [6.07, 6.45) is 35.4. The quantitative estimate of drug-likeness (QED) is 0.0128. The van der Waals surface area contributed by atoms with Crippen molar-refractivity contribution >= 4 is 27.6 Å². The largest absolute Gasteiger partial charge is 0.472 e. The number of carbonyl (C=O) groups is 2. The van der Waals surface area contributed by atoms with Crippen molar-refractivity contribution in [3.63, 3.8) is 0 Å². The van der Waals surface area contributed by atoms with Crippen LogP contribution in [-0.4, -0.2) is 81.6 Å². The summed E-state index contributed by atoms with van der Waals surface area (Å²) < 4.78 is 47.6. The summed E-state index contributed by atoms with van der Waals surface area (Å²) in [7, 11) is -9.71. The second-order valence-electron chi connectivity index (χ2n) is 14.3. The number of carbonyl (C=O) groups excluding carboxylic acids is 2. The van der Waals surface area contributed by atoms with Crippen LogP contribution in [0.3, 0.4) is 0 Å². The van der Waals surface area contributed by atoms with E-state index >= 15 is 0 Å². The summed E-state index contributed by atoms with van der Waals surface area (Å²) >= 11 is 0. The van der Waals surface area contributed by atoms with Gasteiger partial charge in [-0.25, -0.2) is 9.13 Å². The van der Waals surface area contributed by atoms with Gasteiger partial charge in [0.15, 0.2) is 6.10 Å². The molecule has 0 fully saturated rings. The molecule has 0 spiro atoms. The van der Waals surface area contributed by atoms with Crippen molar-refractivity contribution in [3.8, 4) is 0 Å². The average molecular weight is 877 g/mol. The van der Waals surface area contributed by atoms with Crippen LogP contribution in [0.15, 0.2) is 72.9 Å². The molecule has 0 aromatic heterocycles. The van der Waals surface area contributed by atoms with Crippen LogP contribution in [-0.2, 0) is 41.8 Å². The van der Waals surface area contributed by atoms with Crippen molar-refractivity contribution in [2.45, 2.75) is 155 Å². The molecule has 5 atom stereocenters. The Labute approximate surface area is 353 Å². The molecular weight excluding hydrogens is 802 g/mol. The number of phosphoric acid groups is 2. The van der Waals surface area contributed by atoms with Crippen molar-refractivity contribution in [1.82, 2.24) is 0 Å². The Bertz CT molecular complexity index is 1350. The molecule has 0 bridgehead atoms. The maximum absolute atomic E-state index is 12.6. The van der Waals surface area contributed by atoms with Crippen LogP contribution in [0.1, 0.15) is 136 Å². The molecule has 0 aliphatic heterocycles. The third kappa shape index (κ3) is 40.7. The van der Waals surface area contributed by atoms with Crippen molar-refractivity contribution in [2.24, 2.45) is 5.92 Å². The molecule has 0 aliphatic carbocycles. The predicted molar refractivity (Wildman–Crippen MR) is 231 cm³/mol. The van der Waals surface area contributed by atoms with Gasteiger partial charge in [-0.2, -0.15) is 0 Å². The molecule has 340 valence electrons. The highest BCUT2D eigenvalue weighted by Gasteiger charge is 2.28. The Morgan fingerprint density at radius 1 is 0.627 bits per heavy atom. The topological polar surface area (TPSA) is 216 Å². The van der Waals surface area contributed by atoms with E-state index < -0.39 is 72.3 Å². The smallest absolute Gasteiger partial charge is 0.462 e. The zero-order chi connectivity index (χ0) is 44.0. The predicted octanol–water partition coefficient (Wildman–Crippen LogP) is 9.44. The van der Waals surface area contributed by atoms with E-state index in [2.05, 4.69) is 42.0 Å². The Morgan fingerprint density at radius 3 is 1.83 bits per heavy atom. The molecule has 0 aliphatic rings. The number of unbranched alkanes of at least 4 members (excludes halogenated alkanes) is 7. The third-order valence-corrected chi connectivity index (χ3v) is 10.2. The zero-order valence-electron chi connectivity index (χ0n) is 35.6. The second-order valence-corrected chi connectivity index (χ2v) is 17.0. The van der Waals surface area contributed by atoms with Gasteiger partial charge in [-0.1, -0.05) is 151 Å². The minimum absolute atomic E-state index is 0.0120.